The van der Waals surface area contributed by atoms with Gasteiger partial charge in [-0.3, -0.25) is 4.90 Å². The maximum Gasteiger partial charge on any atom is 0.243 e. The zero-order chi connectivity index (χ0) is 22.3. The molecule has 0 saturated carbocycles. The van der Waals surface area contributed by atoms with Crippen LogP contribution in [0.3, 0.4) is 0 Å². The molecule has 2 aromatic carbocycles. The van der Waals surface area contributed by atoms with Crippen molar-refractivity contribution >= 4 is 10.0 Å². The van der Waals surface area contributed by atoms with Gasteiger partial charge in [0, 0.05) is 38.8 Å². The number of ether oxygens (including phenoxy) is 4. The van der Waals surface area contributed by atoms with Gasteiger partial charge in [0.1, 0.15) is 18.1 Å². The van der Waals surface area contributed by atoms with Crippen molar-refractivity contribution in [3.63, 3.8) is 0 Å². The molecule has 9 heteroatoms. The van der Waals surface area contributed by atoms with E-state index in [1.165, 1.54) is 24.6 Å². The molecule has 0 bridgehead atoms. The Hall–Kier alpha value is -2.49. The summed E-state index contributed by atoms with van der Waals surface area (Å²) in [5.41, 5.74) is 0. The van der Waals surface area contributed by atoms with Crippen molar-refractivity contribution in [1.82, 2.24) is 9.21 Å². The lowest BCUT2D eigenvalue weighted by atomic mass is 10.3. The molecule has 2 aromatic rings. The Morgan fingerprint density at radius 3 is 2.03 bits per heavy atom. The van der Waals surface area contributed by atoms with Crippen LogP contribution in [0.15, 0.2) is 47.4 Å². The average molecular weight is 451 g/mol. The van der Waals surface area contributed by atoms with Crippen molar-refractivity contribution in [2.45, 2.75) is 11.8 Å². The van der Waals surface area contributed by atoms with Gasteiger partial charge in [0.15, 0.2) is 11.5 Å². The molecule has 0 amide bonds. The quantitative estimate of drug-likeness (QED) is 0.550. The second-order valence-corrected chi connectivity index (χ2v) is 8.95. The first-order chi connectivity index (χ1) is 15.0. The van der Waals surface area contributed by atoms with E-state index >= 15 is 0 Å². The van der Waals surface area contributed by atoms with Crippen LogP contribution in [-0.2, 0) is 10.0 Å². The van der Waals surface area contributed by atoms with Crippen LogP contribution in [0, 0.1) is 0 Å². The van der Waals surface area contributed by atoms with Crippen molar-refractivity contribution in [2.75, 3.05) is 60.2 Å². The van der Waals surface area contributed by atoms with Crippen LogP contribution in [0.4, 0.5) is 0 Å². The van der Waals surface area contributed by atoms with Crippen molar-refractivity contribution in [3.8, 4) is 23.0 Å². The van der Waals surface area contributed by atoms with Gasteiger partial charge in [0.2, 0.25) is 10.0 Å². The van der Waals surface area contributed by atoms with Crippen molar-refractivity contribution in [2.24, 2.45) is 0 Å². The van der Waals surface area contributed by atoms with Crippen molar-refractivity contribution in [1.29, 1.82) is 0 Å². The van der Waals surface area contributed by atoms with Gasteiger partial charge in [-0.15, -0.1) is 0 Å². The highest BCUT2D eigenvalue weighted by Crippen LogP contribution is 2.30. The van der Waals surface area contributed by atoms with Gasteiger partial charge in [-0.25, -0.2) is 8.42 Å². The van der Waals surface area contributed by atoms with Gasteiger partial charge in [-0.2, -0.15) is 4.31 Å². The number of hydrogen-bond donors (Lipinski definition) is 0. The van der Waals surface area contributed by atoms with E-state index < -0.39 is 10.0 Å². The van der Waals surface area contributed by atoms with Crippen LogP contribution in [0.2, 0.25) is 0 Å². The van der Waals surface area contributed by atoms with Crippen molar-refractivity contribution in [3.05, 3.63) is 42.5 Å². The van der Waals surface area contributed by atoms with E-state index in [0.29, 0.717) is 50.9 Å². The highest BCUT2D eigenvalue weighted by Gasteiger charge is 2.29. The summed E-state index contributed by atoms with van der Waals surface area (Å²) in [6, 6.07) is 12.2. The highest BCUT2D eigenvalue weighted by atomic mass is 32.2. The molecule has 1 saturated heterocycles. The van der Waals surface area contributed by atoms with Crippen LogP contribution in [0.25, 0.3) is 0 Å². The van der Waals surface area contributed by atoms with Crippen LogP contribution < -0.4 is 18.9 Å². The topological polar surface area (TPSA) is 77.5 Å². The second kappa shape index (κ2) is 10.7. The van der Waals surface area contributed by atoms with Crippen LogP contribution >= 0.6 is 0 Å². The normalized spacial score (nSPS) is 15.5. The van der Waals surface area contributed by atoms with Gasteiger partial charge in [0.25, 0.3) is 0 Å². The van der Waals surface area contributed by atoms with Gasteiger partial charge in [-0.05, 0) is 43.3 Å². The molecule has 0 spiro atoms. The number of benzene rings is 2. The minimum absolute atomic E-state index is 0.206. The molecule has 0 N–H and O–H groups in total. The van der Waals surface area contributed by atoms with E-state index in [0.717, 1.165) is 18.0 Å². The first-order valence-corrected chi connectivity index (χ1v) is 11.7. The third kappa shape index (κ3) is 5.81. The van der Waals surface area contributed by atoms with Gasteiger partial charge >= 0.3 is 0 Å². The number of rotatable bonds is 10. The molecule has 0 aliphatic carbocycles. The van der Waals surface area contributed by atoms with E-state index in [9.17, 15) is 8.42 Å². The minimum Gasteiger partial charge on any atom is -0.494 e. The lowest BCUT2D eigenvalue weighted by molar-refractivity contribution is 0.159. The Balaban J connectivity index is 1.49. The lowest BCUT2D eigenvalue weighted by Gasteiger charge is -2.33. The summed E-state index contributed by atoms with van der Waals surface area (Å²) in [6.07, 6.45) is 0. The molecular weight excluding hydrogens is 420 g/mol. The first kappa shape index (κ1) is 23.2. The molecule has 8 nitrogen and oxygen atoms in total. The molecule has 1 fully saturated rings. The second-order valence-electron chi connectivity index (χ2n) is 7.02. The highest BCUT2D eigenvalue weighted by molar-refractivity contribution is 7.89. The maximum atomic E-state index is 13.0. The number of piperazine rings is 1. The molecule has 0 unspecified atom stereocenters. The Kier molecular flexibility index (Phi) is 8.00. The Morgan fingerprint density at radius 1 is 0.839 bits per heavy atom. The fourth-order valence-corrected chi connectivity index (χ4v) is 4.85. The predicted molar refractivity (Wildman–Crippen MR) is 118 cm³/mol. The number of hydrogen-bond acceptors (Lipinski definition) is 7. The SMILES string of the molecule is CCOc1ccc(OCCN2CCN(S(=O)(=O)c3ccc(OC)c(OC)c3)CC2)cc1. The number of methoxy groups -OCH3 is 2. The summed E-state index contributed by atoms with van der Waals surface area (Å²) in [6.45, 7) is 6.02. The molecule has 3 rings (SSSR count). The van der Waals surface area contributed by atoms with Crippen LogP contribution in [0.1, 0.15) is 6.92 Å². The summed E-state index contributed by atoms with van der Waals surface area (Å²) in [5.74, 6) is 2.51. The third-order valence-electron chi connectivity index (χ3n) is 5.14. The molecular formula is C22H30N2O6S. The molecule has 31 heavy (non-hydrogen) atoms. The third-order valence-corrected chi connectivity index (χ3v) is 7.03. The number of nitrogens with zero attached hydrogens (tertiary/aromatic N) is 2. The van der Waals surface area contributed by atoms with E-state index in [1.54, 1.807) is 12.1 Å². The van der Waals surface area contributed by atoms with Gasteiger partial charge in [-0.1, -0.05) is 0 Å². The van der Waals surface area contributed by atoms with Crippen molar-refractivity contribution < 1.29 is 27.4 Å². The Morgan fingerprint density at radius 2 is 1.45 bits per heavy atom. The van der Waals surface area contributed by atoms with E-state index in [-0.39, 0.29) is 4.90 Å². The summed E-state index contributed by atoms with van der Waals surface area (Å²) < 4.78 is 49.2. The molecule has 0 aromatic heterocycles. The lowest BCUT2D eigenvalue weighted by Crippen LogP contribution is -2.49. The molecule has 0 atom stereocenters. The summed E-state index contributed by atoms with van der Waals surface area (Å²) in [7, 11) is -0.580. The zero-order valence-corrected chi connectivity index (χ0v) is 19.1. The smallest absolute Gasteiger partial charge is 0.243 e. The van der Waals surface area contributed by atoms with E-state index in [1.807, 2.05) is 31.2 Å². The predicted octanol–water partition coefficient (Wildman–Crippen LogP) is 2.49. The van der Waals surface area contributed by atoms with Crippen LogP contribution in [-0.4, -0.2) is 77.8 Å². The Labute approximate surface area is 184 Å². The standard InChI is InChI=1S/C22H30N2O6S/c1-4-29-18-5-7-19(8-6-18)30-16-15-23-11-13-24(14-12-23)31(25,26)20-9-10-21(27-2)22(17-20)28-3/h5-10,17H,4,11-16H2,1-3H3. The van der Waals surface area contributed by atoms with Crippen LogP contribution in [0.5, 0.6) is 23.0 Å². The largest absolute Gasteiger partial charge is 0.494 e. The summed E-state index contributed by atoms with van der Waals surface area (Å²) in [4.78, 5) is 2.41. The maximum absolute atomic E-state index is 13.0. The van der Waals surface area contributed by atoms with Gasteiger partial charge < -0.3 is 18.9 Å². The average Bonchev–Trinajstić information content (AvgIpc) is 2.80. The fraction of sp³-hybridized carbons (Fsp3) is 0.455. The molecule has 1 aliphatic heterocycles. The molecule has 1 aliphatic rings. The van der Waals surface area contributed by atoms with E-state index in [2.05, 4.69) is 4.90 Å². The zero-order valence-electron chi connectivity index (χ0n) is 18.2. The Bertz CT molecular complexity index is 941. The van der Waals surface area contributed by atoms with E-state index in [4.69, 9.17) is 18.9 Å². The minimum atomic E-state index is -3.59. The fourth-order valence-electron chi connectivity index (χ4n) is 3.41. The monoisotopic (exact) mass is 450 g/mol. The molecule has 0 radical (unpaired) electrons. The summed E-state index contributed by atoms with van der Waals surface area (Å²) >= 11 is 0. The molecule has 1 heterocycles. The number of sulfonamides is 1. The first-order valence-electron chi connectivity index (χ1n) is 10.3. The summed E-state index contributed by atoms with van der Waals surface area (Å²) in [5, 5.41) is 0. The van der Waals surface area contributed by atoms with Gasteiger partial charge in [0.05, 0.1) is 25.7 Å². The molecule has 170 valence electrons.